The molecule has 0 bridgehead atoms. The highest BCUT2D eigenvalue weighted by Crippen LogP contribution is 2.09. The van der Waals surface area contributed by atoms with Crippen molar-refractivity contribution < 1.29 is 4.79 Å². The highest BCUT2D eigenvalue weighted by molar-refractivity contribution is 7.11. The fraction of sp³-hybridized carbons (Fsp3) is 0.500. The molecule has 0 saturated heterocycles. The monoisotopic (exact) mass is 199 g/mol. The summed E-state index contributed by atoms with van der Waals surface area (Å²) in [6.45, 7) is 3.08. The average molecular weight is 199 g/mol. The molecular weight excluding hydrogens is 186 g/mol. The van der Waals surface area contributed by atoms with Gasteiger partial charge in [0.1, 0.15) is 0 Å². The van der Waals surface area contributed by atoms with Gasteiger partial charge in [0, 0.05) is 18.3 Å². The van der Waals surface area contributed by atoms with Gasteiger partial charge < -0.3 is 11.1 Å². The quantitative estimate of drug-likeness (QED) is 0.737. The molecule has 1 rings (SSSR count). The summed E-state index contributed by atoms with van der Waals surface area (Å²) in [6.07, 6.45) is 0.732. The second-order valence-electron chi connectivity index (χ2n) is 2.54. The van der Waals surface area contributed by atoms with E-state index in [0.29, 0.717) is 18.1 Å². The van der Waals surface area contributed by atoms with Crippen molar-refractivity contribution in [1.29, 1.82) is 0 Å². The Morgan fingerprint density at radius 2 is 2.54 bits per heavy atom. The maximum atomic E-state index is 11.3. The van der Waals surface area contributed by atoms with Gasteiger partial charge in [0.2, 0.25) is 0 Å². The van der Waals surface area contributed by atoms with Gasteiger partial charge >= 0.3 is 0 Å². The summed E-state index contributed by atoms with van der Waals surface area (Å²) in [7, 11) is 0. The third kappa shape index (κ3) is 2.78. The van der Waals surface area contributed by atoms with Gasteiger partial charge in [0.15, 0.2) is 5.01 Å². The predicted molar refractivity (Wildman–Crippen MR) is 52.9 cm³/mol. The largest absolute Gasteiger partial charge is 0.350 e. The Balaban J connectivity index is 2.62. The van der Waals surface area contributed by atoms with Crippen LogP contribution in [-0.4, -0.2) is 24.0 Å². The highest BCUT2D eigenvalue weighted by atomic mass is 32.1. The molecule has 5 heteroatoms. The van der Waals surface area contributed by atoms with Gasteiger partial charge in [-0.1, -0.05) is 0 Å². The summed E-state index contributed by atoms with van der Waals surface area (Å²) >= 11 is 1.36. The molecule has 72 valence electrons. The Morgan fingerprint density at radius 1 is 1.77 bits per heavy atom. The average Bonchev–Trinajstić information content (AvgIpc) is 2.54. The Bertz CT molecular complexity index is 285. The Morgan fingerprint density at radius 3 is 3.15 bits per heavy atom. The van der Waals surface area contributed by atoms with Crippen molar-refractivity contribution in [2.45, 2.75) is 13.3 Å². The van der Waals surface area contributed by atoms with E-state index in [1.54, 1.807) is 0 Å². The van der Waals surface area contributed by atoms with E-state index >= 15 is 0 Å². The molecule has 0 atom stereocenters. The molecule has 3 N–H and O–H groups in total. The molecule has 0 radical (unpaired) electrons. The van der Waals surface area contributed by atoms with Crippen LogP contribution in [0.2, 0.25) is 0 Å². The molecule has 0 saturated carbocycles. The minimum Gasteiger partial charge on any atom is -0.350 e. The molecule has 0 unspecified atom stereocenters. The van der Waals surface area contributed by atoms with E-state index < -0.39 is 0 Å². The smallest absolute Gasteiger partial charge is 0.280 e. The van der Waals surface area contributed by atoms with Gasteiger partial charge in [-0.05, 0) is 13.5 Å². The van der Waals surface area contributed by atoms with Crippen LogP contribution < -0.4 is 11.1 Å². The Labute approximate surface area is 81.2 Å². The van der Waals surface area contributed by atoms with E-state index in [2.05, 4.69) is 10.3 Å². The summed E-state index contributed by atoms with van der Waals surface area (Å²) in [5.74, 6) is -0.101. The molecular formula is C8H13N3OS. The van der Waals surface area contributed by atoms with Crippen molar-refractivity contribution in [2.75, 3.05) is 13.1 Å². The van der Waals surface area contributed by atoms with Gasteiger partial charge in [0.05, 0.1) is 5.69 Å². The zero-order chi connectivity index (χ0) is 9.68. The second-order valence-corrected chi connectivity index (χ2v) is 3.40. The number of hydrogen-bond acceptors (Lipinski definition) is 4. The molecule has 0 aliphatic heterocycles. The van der Waals surface area contributed by atoms with Crippen molar-refractivity contribution in [2.24, 2.45) is 5.73 Å². The molecule has 1 aromatic rings. The van der Waals surface area contributed by atoms with Crippen LogP contribution in [0, 0.1) is 0 Å². The van der Waals surface area contributed by atoms with Crippen molar-refractivity contribution in [3.8, 4) is 0 Å². The number of carbonyl (C=O) groups is 1. The summed E-state index contributed by atoms with van der Waals surface area (Å²) in [4.78, 5) is 15.4. The molecule has 13 heavy (non-hydrogen) atoms. The first-order valence-electron chi connectivity index (χ1n) is 4.20. The zero-order valence-electron chi connectivity index (χ0n) is 7.54. The van der Waals surface area contributed by atoms with Gasteiger partial charge in [-0.3, -0.25) is 4.79 Å². The first-order valence-corrected chi connectivity index (χ1v) is 5.08. The van der Waals surface area contributed by atoms with Crippen LogP contribution in [0.5, 0.6) is 0 Å². The minimum atomic E-state index is -0.101. The molecule has 1 amide bonds. The van der Waals surface area contributed by atoms with E-state index in [1.165, 1.54) is 11.3 Å². The number of amides is 1. The number of rotatable bonds is 4. The minimum absolute atomic E-state index is 0.101. The molecule has 0 aromatic carbocycles. The zero-order valence-corrected chi connectivity index (χ0v) is 8.36. The summed E-state index contributed by atoms with van der Waals surface area (Å²) < 4.78 is 0. The van der Waals surface area contributed by atoms with Crippen molar-refractivity contribution in [3.63, 3.8) is 0 Å². The van der Waals surface area contributed by atoms with E-state index in [9.17, 15) is 4.79 Å². The lowest BCUT2D eigenvalue weighted by Crippen LogP contribution is -2.22. The van der Waals surface area contributed by atoms with Gasteiger partial charge in [0.25, 0.3) is 5.91 Å². The molecule has 0 spiro atoms. The molecule has 0 aliphatic carbocycles. The fourth-order valence-corrected chi connectivity index (χ4v) is 1.68. The molecule has 0 aliphatic rings. The van der Waals surface area contributed by atoms with E-state index in [-0.39, 0.29) is 5.91 Å². The predicted octanol–water partition coefficient (Wildman–Crippen LogP) is 0.394. The molecule has 1 heterocycles. The van der Waals surface area contributed by atoms with Crippen molar-refractivity contribution >= 4 is 17.2 Å². The number of thiazole rings is 1. The van der Waals surface area contributed by atoms with Crippen LogP contribution in [0.15, 0.2) is 5.38 Å². The second kappa shape index (κ2) is 4.94. The van der Waals surface area contributed by atoms with Crippen LogP contribution in [0.25, 0.3) is 0 Å². The third-order valence-electron chi connectivity index (χ3n) is 1.48. The van der Waals surface area contributed by atoms with Crippen LogP contribution >= 0.6 is 11.3 Å². The lowest BCUT2D eigenvalue weighted by atomic mass is 10.3. The van der Waals surface area contributed by atoms with E-state index in [1.807, 2.05) is 12.3 Å². The van der Waals surface area contributed by atoms with Crippen LogP contribution in [0.1, 0.15) is 22.4 Å². The standard InChI is InChI=1S/C8H13N3OS/c1-2-10-7(12)8-11-6(3-4-9)5-13-8/h5H,2-4,9H2,1H3,(H,10,12). The highest BCUT2D eigenvalue weighted by Gasteiger charge is 2.08. The number of nitrogens with two attached hydrogens (primary N) is 1. The lowest BCUT2D eigenvalue weighted by molar-refractivity contribution is 0.0955. The fourth-order valence-electron chi connectivity index (χ4n) is 0.910. The van der Waals surface area contributed by atoms with Crippen LogP contribution in [0.4, 0.5) is 0 Å². The number of nitrogens with zero attached hydrogens (tertiary/aromatic N) is 1. The Hall–Kier alpha value is -0.940. The van der Waals surface area contributed by atoms with Crippen molar-refractivity contribution in [3.05, 3.63) is 16.1 Å². The molecule has 1 aromatic heterocycles. The van der Waals surface area contributed by atoms with Gasteiger partial charge in [-0.2, -0.15) is 0 Å². The first kappa shape index (κ1) is 10.1. The normalized spacial score (nSPS) is 10.0. The van der Waals surface area contributed by atoms with Gasteiger partial charge in [-0.25, -0.2) is 4.98 Å². The third-order valence-corrected chi connectivity index (χ3v) is 2.37. The maximum absolute atomic E-state index is 11.3. The van der Waals surface area contributed by atoms with E-state index in [4.69, 9.17) is 5.73 Å². The number of aromatic nitrogens is 1. The van der Waals surface area contributed by atoms with Crippen LogP contribution in [-0.2, 0) is 6.42 Å². The molecule has 4 nitrogen and oxygen atoms in total. The van der Waals surface area contributed by atoms with Gasteiger partial charge in [-0.15, -0.1) is 11.3 Å². The topological polar surface area (TPSA) is 68.0 Å². The molecule has 0 fully saturated rings. The first-order chi connectivity index (χ1) is 6.27. The number of nitrogens with one attached hydrogen (secondary N) is 1. The lowest BCUT2D eigenvalue weighted by Gasteiger charge is -1.95. The maximum Gasteiger partial charge on any atom is 0.280 e. The summed E-state index contributed by atoms with van der Waals surface area (Å²) in [6, 6.07) is 0. The van der Waals surface area contributed by atoms with Crippen LogP contribution in [0.3, 0.4) is 0 Å². The summed E-state index contributed by atoms with van der Waals surface area (Å²) in [5, 5.41) is 5.09. The number of hydrogen-bond donors (Lipinski definition) is 2. The summed E-state index contributed by atoms with van der Waals surface area (Å²) in [5.41, 5.74) is 6.27. The SMILES string of the molecule is CCNC(=O)c1nc(CCN)cs1. The Kier molecular flexibility index (Phi) is 3.85. The van der Waals surface area contributed by atoms with E-state index in [0.717, 1.165) is 12.1 Å². The van der Waals surface area contributed by atoms with Crippen molar-refractivity contribution in [1.82, 2.24) is 10.3 Å². The number of carbonyl (C=O) groups excluding carboxylic acids is 1.